The van der Waals surface area contributed by atoms with Crippen LogP contribution in [0.2, 0.25) is 0 Å². The minimum Gasteiger partial charge on any atom is -0.370 e. The highest BCUT2D eigenvalue weighted by atomic mass is 19.2. The van der Waals surface area contributed by atoms with Crippen molar-refractivity contribution < 1.29 is 13.6 Å². The van der Waals surface area contributed by atoms with Crippen molar-refractivity contribution in [1.29, 1.82) is 0 Å². The topological polar surface area (TPSA) is 43.1 Å². The monoisotopic (exact) mass is 225 g/mol. The fraction of sp³-hybridized carbons (Fsp3) is 0.417. The van der Waals surface area contributed by atoms with Crippen LogP contribution in [0.15, 0.2) is 18.2 Å². The standard InChI is InChI=1S/C12H13F2NO/c13-10-4-3-8(5-11(10)14)9(6-12(15)16)7-1-2-7/h3-5,7,9H,1-2,6H2,(H2,15,16). The van der Waals surface area contributed by atoms with Gasteiger partial charge in [0.1, 0.15) is 0 Å². The summed E-state index contributed by atoms with van der Waals surface area (Å²) in [5.41, 5.74) is 5.82. The predicted octanol–water partition coefficient (Wildman–Crippen LogP) is 2.33. The number of amides is 1. The van der Waals surface area contributed by atoms with Crippen LogP contribution in [0.25, 0.3) is 0 Å². The Hall–Kier alpha value is -1.45. The molecule has 2 N–H and O–H groups in total. The molecule has 1 aliphatic rings. The van der Waals surface area contributed by atoms with Gasteiger partial charge in [-0.1, -0.05) is 6.07 Å². The molecule has 2 nitrogen and oxygen atoms in total. The van der Waals surface area contributed by atoms with Crippen molar-refractivity contribution in [3.05, 3.63) is 35.4 Å². The van der Waals surface area contributed by atoms with Crippen molar-refractivity contribution in [3.63, 3.8) is 0 Å². The van der Waals surface area contributed by atoms with E-state index in [0.717, 1.165) is 18.9 Å². The first-order chi connectivity index (χ1) is 7.58. The Morgan fingerprint density at radius 1 is 1.38 bits per heavy atom. The van der Waals surface area contributed by atoms with Crippen LogP contribution in [0.1, 0.15) is 30.7 Å². The van der Waals surface area contributed by atoms with Gasteiger partial charge in [0.05, 0.1) is 0 Å². The SMILES string of the molecule is NC(=O)CC(c1ccc(F)c(F)c1)C1CC1. The van der Waals surface area contributed by atoms with Gasteiger partial charge in [0, 0.05) is 6.42 Å². The van der Waals surface area contributed by atoms with E-state index in [1.165, 1.54) is 12.1 Å². The summed E-state index contributed by atoms with van der Waals surface area (Å²) >= 11 is 0. The third kappa shape index (κ3) is 2.38. The zero-order chi connectivity index (χ0) is 11.7. The fourth-order valence-corrected chi connectivity index (χ4v) is 2.02. The number of primary amides is 1. The molecule has 1 aromatic carbocycles. The molecule has 0 bridgehead atoms. The summed E-state index contributed by atoms with van der Waals surface area (Å²) in [4.78, 5) is 10.9. The maximum atomic E-state index is 13.1. The van der Waals surface area contributed by atoms with Crippen LogP contribution in [0.5, 0.6) is 0 Å². The third-order valence-electron chi connectivity index (χ3n) is 2.98. The molecule has 1 amide bonds. The van der Waals surface area contributed by atoms with E-state index in [1.54, 1.807) is 0 Å². The second-order valence-electron chi connectivity index (χ2n) is 4.29. The summed E-state index contributed by atoms with van der Waals surface area (Å²) in [6.07, 6.45) is 2.25. The van der Waals surface area contributed by atoms with Crippen LogP contribution >= 0.6 is 0 Å². The number of nitrogens with two attached hydrogens (primary N) is 1. The second kappa shape index (κ2) is 4.20. The number of halogens is 2. The first-order valence-electron chi connectivity index (χ1n) is 5.31. The summed E-state index contributed by atoms with van der Waals surface area (Å²) < 4.78 is 25.8. The van der Waals surface area contributed by atoms with Crippen molar-refractivity contribution in [2.75, 3.05) is 0 Å². The number of carbonyl (C=O) groups excluding carboxylic acids is 1. The van der Waals surface area contributed by atoms with Crippen LogP contribution in [-0.4, -0.2) is 5.91 Å². The van der Waals surface area contributed by atoms with E-state index in [2.05, 4.69) is 0 Å². The molecule has 0 radical (unpaired) electrons. The van der Waals surface area contributed by atoms with Gasteiger partial charge in [-0.25, -0.2) is 8.78 Å². The lowest BCUT2D eigenvalue weighted by Gasteiger charge is -2.14. The molecular formula is C12H13F2NO. The normalized spacial score (nSPS) is 17.1. The van der Waals surface area contributed by atoms with Crippen molar-refractivity contribution in [1.82, 2.24) is 0 Å². The van der Waals surface area contributed by atoms with Crippen molar-refractivity contribution >= 4 is 5.91 Å². The highest BCUT2D eigenvalue weighted by molar-refractivity contribution is 5.74. The number of carbonyl (C=O) groups is 1. The second-order valence-corrected chi connectivity index (χ2v) is 4.29. The van der Waals surface area contributed by atoms with Gasteiger partial charge in [0.25, 0.3) is 0 Å². The molecule has 1 aromatic rings. The summed E-state index contributed by atoms with van der Waals surface area (Å²) in [7, 11) is 0. The molecule has 0 aromatic heterocycles. The average molecular weight is 225 g/mol. The molecule has 1 unspecified atom stereocenters. The van der Waals surface area contributed by atoms with Gasteiger partial charge in [0.15, 0.2) is 11.6 Å². The Labute approximate surface area is 92.4 Å². The first kappa shape index (κ1) is 11.0. The van der Waals surface area contributed by atoms with Gasteiger partial charge in [-0.3, -0.25) is 4.79 Å². The largest absolute Gasteiger partial charge is 0.370 e. The van der Waals surface area contributed by atoms with E-state index < -0.39 is 17.5 Å². The summed E-state index contributed by atoms with van der Waals surface area (Å²) in [5.74, 6) is -1.81. The third-order valence-corrected chi connectivity index (χ3v) is 2.98. The smallest absolute Gasteiger partial charge is 0.218 e. The first-order valence-corrected chi connectivity index (χ1v) is 5.31. The van der Waals surface area contributed by atoms with Gasteiger partial charge in [-0.2, -0.15) is 0 Å². The molecule has 1 saturated carbocycles. The van der Waals surface area contributed by atoms with Crippen LogP contribution < -0.4 is 5.73 Å². The van der Waals surface area contributed by atoms with E-state index in [4.69, 9.17) is 5.73 Å². The molecule has 4 heteroatoms. The maximum absolute atomic E-state index is 13.1. The average Bonchev–Trinajstić information content (AvgIpc) is 3.02. The molecule has 0 aliphatic heterocycles. The lowest BCUT2D eigenvalue weighted by molar-refractivity contribution is -0.118. The lowest BCUT2D eigenvalue weighted by Crippen LogP contribution is -2.16. The molecule has 16 heavy (non-hydrogen) atoms. The minimum absolute atomic E-state index is 0.0624. The van der Waals surface area contributed by atoms with Gasteiger partial charge >= 0.3 is 0 Å². The Morgan fingerprint density at radius 2 is 2.06 bits per heavy atom. The molecule has 2 rings (SSSR count). The molecule has 1 aliphatic carbocycles. The molecular weight excluding hydrogens is 212 g/mol. The molecule has 1 fully saturated rings. The molecule has 1 atom stereocenters. The zero-order valence-electron chi connectivity index (χ0n) is 8.75. The van der Waals surface area contributed by atoms with Crippen molar-refractivity contribution in [2.24, 2.45) is 11.7 Å². The zero-order valence-corrected chi connectivity index (χ0v) is 8.75. The summed E-state index contributed by atoms with van der Waals surface area (Å²) in [5, 5.41) is 0. The van der Waals surface area contributed by atoms with Crippen LogP contribution in [0, 0.1) is 17.6 Å². The van der Waals surface area contributed by atoms with Crippen LogP contribution in [-0.2, 0) is 4.79 Å². The maximum Gasteiger partial charge on any atom is 0.218 e. The van der Waals surface area contributed by atoms with Gasteiger partial charge < -0.3 is 5.73 Å². The Balaban J connectivity index is 2.24. The van der Waals surface area contributed by atoms with Gasteiger partial charge in [-0.15, -0.1) is 0 Å². The van der Waals surface area contributed by atoms with Crippen LogP contribution in [0.3, 0.4) is 0 Å². The predicted molar refractivity (Wildman–Crippen MR) is 55.6 cm³/mol. The van der Waals surface area contributed by atoms with Crippen molar-refractivity contribution in [2.45, 2.75) is 25.2 Å². The Morgan fingerprint density at radius 3 is 2.56 bits per heavy atom. The summed E-state index contributed by atoms with van der Waals surface area (Å²) in [6.45, 7) is 0. The Kier molecular flexibility index (Phi) is 2.90. The van der Waals surface area contributed by atoms with Gasteiger partial charge in [0.2, 0.25) is 5.91 Å². The van der Waals surface area contributed by atoms with E-state index in [1.807, 2.05) is 0 Å². The molecule has 86 valence electrons. The number of hydrogen-bond acceptors (Lipinski definition) is 1. The highest BCUT2D eigenvalue weighted by Crippen LogP contribution is 2.44. The van der Waals surface area contributed by atoms with E-state index >= 15 is 0 Å². The fourth-order valence-electron chi connectivity index (χ4n) is 2.02. The quantitative estimate of drug-likeness (QED) is 0.839. The van der Waals surface area contributed by atoms with E-state index in [9.17, 15) is 13.6 Å². The van der Waals surface area contributed by atoms with Crippen molar-refractivity contribution in [3.8, 4) is 0 Å². The van der Waals surface area contributed by atoms with E-state index in [-0.39, 0.29) is 12.3 Å². The summed E-state index contributed by atoms with van der Waals surface area (Å²) in [6, 6.07) is 3.80. The molecule has 0 heterocycles. The Bertz CT molecular complexity index is 415. The number of hydrogen-bond donors (Lipinski definition) is 1. The lowest BCUT2D eigenvalue weighted by atomic mass is 9.90. The van der Waals surface area contributed by atoms with Crippen LogP contribution in [0.4, 0.5) is 8.78 Å². The number of rotatable bonds is 4. The molecule has 0 saturated heterocycles. The van der Waals surface area contributed by atoms with E-state index in [0.29, 0.717) is 11.5 Å². The number of benzene rings is 1. The molecule has 0 spiro atoms. The van der Waals surface area contributed by atoms with Gasteiger partial charge in [-0.05, 0) is 42.4 Å². The highest BCUT2D eigenvalue weighted by Gasteiger charge is 2.33. The minimum atomic E-state index is -0.868.